The Labute approximate surface area is 83.8 Å². The van der Waals surface area contributed by atoms with Crippen LogP contribution in [0.1, 0.15) is 19.3 Å². The summed E-state index contributed by atoms with van der Waals surface area (Å²) in [5.41, 5.74) is 1.09. The molecule has 0 bridgehead atoms. The monoisotopic (exact) mass is 193 g/mol. The van der Waals surface area contributed by atoms with Gasteiger partial charge in [0.25, 0.3) is 0 Å². The lowest BCUT2D eigenvalue weighted by Crippen LogP contribution is -2.32. The fourth-order valence-corrected chi connectivity index (χ4v) is 2.03. The quantitative estimate of drug-likeness (QED) is 0.683. The number of ether oxygens (including phenoxy) is 1. The molecule has 2 rings (SSSR count). The van der Waals surface area contributed by atoms with Crippen molar-refractivity contribution in [3.63, 3.8) is 0 Å². The molecule has 0 spiro atoms. The molecule has 1 N–H and O–H groups in total. The molecule has 0 saturated heterocycles. The first-order valence-corrected chi connectivity index (χ1v) is 5.07. The number of rotatable bonds is 1. The first kappa shape index (κ1) is 9.31. The maximum absolute atomic E-state index is 11.6. The van der Waals surface area contributed by atoms with Gasteiger partial charge in [-0.25, -0.2) is 0 Å². The molecule has 0 saturated carbocycles. The molecular weight excluding hydrogens is 178 g/mol. The maximum Gasteiger partial charge on any atom is 0.227 e. The average Bonchev–Trinajstić information content (AvgIpc) is 2.27. The standard InChI is InChI=1S/C11H15NO2/c1-12-11(13)9-6-7-14-10-5-3-2-4-8(9)10/h2,4,9H,3,5-7H2,1H3,(H,12,13). The number of amides is 1. The first-order chi connectivity index (χ1) is 6.83. The number of nitrogens with one attached hydrogen (secondary N) is 1. The van der Waals surface area contributed by atoms with E-state index in [2.05, 4.69) is 11.4 Å². The predicted molar refractivity (Wildman–Crippen MR) is 53.5 cm³/mol. The van der Waals surface area contributed by atoms with Crippen molar-refractivity contribution in [2.24, 2.45) is 5.92 Å². The Kier molecular flexibility index (Phi) is 2.57. The van der Waals surface area contributed by atoms with Crippen molar-refractivity contribution in [3.8, 4) is 0 Å². The van der Waals surface area contributed by atoms with E-state index >= 15 is 0 Å². The van der Waals surface area contributed by atoms with E-state index in [-0.39, 0.29) is 11.8 Å². The highest BCUT2D eigenvalue weighted by Crippen LogP contribution is 2.32. The SMILES string of the molecule is CNC(=O)C1CCOC2=C1C=CCC2. The molecule has 76 valence electrons. The van der Waals surface area contributed by atoms with Crippen LogP contribution in [0.3, 0.4) is 0 Å². The van der Waals surface area contributed by atoms with Gasteiger partial charge in [-0.05, 0) is 12.8 Å². The minimum atomic E-state index is 0.000278. The zero-order chi connectivity index (χ0) is 9.97. The highest BCUT2D eigenvalue weighted by molar-refractivity contribution is 5.82. The van der Waals surface area contributed by atoms with Crippen molar-refractivity contribution in [3.05, 3.63) is 23.5 Å². The molecule has 14 heavy (non-hydrogen) atoms. The molecular formula is C11H15NO2. The Morgan fingerprint density at radius 1 is 1.64 bits per heavy atom. The van der Waals surface area contributed by atoms with E-state index in [4.69, 9.17) is 4.74 Å². The summed E-state index contributed by atoms with van der Waals surface area (Å²) in [4.78, 5) is 11.6. The summed E-state index contributed by atoms with van der Waals surface area (Å²) < 4.78 is 5.56. The average molecular weight is 193 g/mol. The van der Waals surface area contributed by atoms with Crippen molar-refractivity contribution >= 4 is 5.91 Å². The van der Waals surface area contributed by atoms with Crippen molar-refractivity contribution in [1.82, 2.24) is 5.32 Å². The molecule has 3 heteroatoms. The van der Waals surface area contributed by atoms with Crippen molar-refractivity contribution in [2.45, 2.75) is 19.3 Å². The van der Waals surface area contributed by atoms with Crippen LogP contribution in [0, 0.1) is 5.92 Å². The van der Waals surface area contributed by atoms with Crippen molar-refractivity contribution in [2.75, 3.05) is 13.7 Å². The van der Waals surface area contributed by atoms with Gasteiger partial charge in [-0.15, -0.1) is 0 Å². The molecule has 1 heterocycles. The Balaban J connectivity index is 2.25. The minimum absolute atomic E-state index is 0.000278. The van der Waals surface area contributed by atoms with E-state index in [0.717, 1.165) is 30.6 Å². The second kappa shape index (κ2) is 3.86. The molecule has 1 aliphatic carbocycles. The molecule has 1 atom stereocenters. The number of hydrogen-bond acceptors (Lipinski definition) is 2. The Bertz CT molecular complexity index is 304. The van der Waals surface area contributed by atoms with Gasteiger partial charge < -0.3 is 10.1 Å². The van der Waals surface area contributed by atoms with Gasteiger partial charge in [0.1, 0.15) is 5.76 Å². The van der Waals surface area contributed by atoms with E-state index in [0.29, 0.717) is 6.61 Å². The van der Waals surface area contributed by atoms with Gasteiger partial charge in [-0.2, -0.15) is 0 Å². The number of carbonyl (C=O) groups excluding carboxylic acids is 1. The highest BCUT2D eigenvalue weighted by Gasteiger charge is 2.28. The van der Waals surface area contributed by atoms with E-state index in [1.54, 1.807) is 7.05 Å². The third-order valence-electron chi connectivity index (χ3n) is 2.78. The lowest BCUT2D eigenvalue weighted by Gasteiger charge is -2.28. The molecule has 0 radical (unpaired) electrons. The van der Waals surface area contributed by atoms with E-state index in [9.17, 15) is 4.79 Å². The molecule has 0 aromatic rings. The fraction of sp³-hybridized carbons (Fsp3) is 0.545. The minimum Gasteiger partial charge on any atom is -0.498 e. The zero-order valence-corrected chi connectivity index (χ0v) is 8.38. The van der Waals surface area contributed by atoms with Crippen LogP contribution in [-0.2, 0) is 9.53 Å². The van der Waals surface area contributed by atoms with Crippen LogP contribution >= 0.6 is 0 Å². The van der Waals surface area contributed by atoms with Gasteiger partial charge in [0.15, 0.2) is 0 Å². The van der Waals surface area contributed by atoms with Crippen LogP contribution in [0.5, 0.6) is 0 Å². The van der Waals surface area contributed by atoms with Crippen LogP contribution in [0.4, 0.5) is 0 Å². The number of allylic oxidation sites excluding steroid dienone is 3. The summed E-state index contributed by atoms with van der Waals surface area (Å²) in [7, 11) is 1.69. The van der Waals surface area contributed by atoms with Gasteiger partial charge >= 0.3 is 0 Å². The van der Waals surface area contributed by atoms with Crippen LogP contribution in [0.15, 0.2) is 23.5 Å². The van der Waals surface area contributed by atoms with Crippen molar-refractivity contribution in [1.29, 1.82) is 0 Å². The summed E-state index contributed by atoms with van der Waals surface area (Å²) in [5, 5.41) is 2.71. The summed E-state index contributed by atoms with van der Waals surface area (Å²) in [6, 6.07) is 0. The fourth-order valence-electron chi connectivity index (χ4n) is 2.03. The highest BCUT2D eigenvalue weighted by atomic mass is 16.5. The zero-order valence-electron chi connectivity index (χ0n) is 8.38. The van der Waals surface area contributed by atoms with Crippen LogP contribution in [-0.4, -0.2) is 19.6 Å². The maximum atomic E-state index is 11.6. The smallest absolute Gasteiger partial charge is 0.227 e. The lowest BCUT2D eigenvalue weighted by molar-refractivity contribution is -0.124. The van der Waals surface area contributed by atoms with E-state index in [1.807, 2.05) is 6.08 Å². The van der Waals surface area contributed by atoms with Crippen LogP contribution in [0.2, 0.25) is 0 Å². The van der Waals surface area contributed by atoms with Crippen LogP contribution in [0.25, 0.3) is 0 Å². The third kappa shape index (κ3) is 1.54. The molecule has 1 aliphatic heterocycles. The van der Waals surface area contributed by atoms with E-state index in [1.165, 1.54) is 0 Å². The molecule has 0 aromatic heterocycles. The Morgan fingerprint density at radius 2 is 2.50 bits per heavy atom. The van der Waals surface area contributed by atoms with Gasteiger partial charge in [-0.1, -0.05) is 12.2 Å². The Morgan fingerprint density at radius 3 is 3.29 bits per heavy atom. The second-order valence-electron chi connectivity index (χ2n) is 3.62. The summed E-state index contributed by atoms with van der Waals surface area (Å²) >= 11 is 0. The van der Waals surface area contributed by atoms with Gasteiger partial charge in [-0.3, -0.25) is 4.79 Å². The van der Waals surface area contributed by atoms with Gasteiger partial charge in [0.05, 0.1) is 12.5 Å². The number of hydrogen-bond donors (Lipinski definition) is 1. The lowest BCUT2D eigenvalue weighted by atomic mass is 9.88. The summed E-state index contributed by atoms with van der Waals surface area (Å²) in [5.74, 6) is 1.13. The first-order valence-electron chi connectivity index (χ1n) is 5.07. The topological polar surface area (TPSA) is 38.3 Å². The van der Waals surface area contributed by atoms with Gasteiger partial charge in [0.2, 0.25) is 5.91 Å². The summed E-state index contributed by atoms with van der Waals surface area (Å²) in [6.45, 7) is 0.671. The molecule has 0 fully saturated rings. The second-order valence-corrected chi connectivity index (χ2v) is 3.62. The molecule has 0 aromatic carbocycles. The molecule has 1 amide bonds. The van der Waals surface area contributed by atoms with E-state index < -0.39 is 0 Å². The largest absolute Gasteiger partial charge is 0.498 e. The number of carbonyl (C=O) groups is 1. The molecule has 2 aliphatic rings. The van der Waals surface area contributed by atoms with Crippen LogP contribution < -0.4 is 5.32 Å². The van der Waals surface area contributed by atoms with Gasteiger partial charge in [0, 0.05) is 19.0 Å². The Hall–Kier alpha value is -1.25. The normalized spacial score (nSPS) is 25.4. The molecule has 1 unspecified atom stereocenters. The van der Waals surface area contributed by atoms with Crippen molar-refractivity contribution < 1.29 is 9.53 Å². The summed E-state index contributed by atoms with van der Waals surface area (Å²) in [6.07, 6.45) is 6.92. The third-order valence-corrected chi connectivity index (χ3v) is 2.78. The predicted octanol–water partition coefficient (Wildman–Crippen LogP) is 1.37. The molecule has 3 nitrogen and oxygen atoms in total.